The van der Waals surface area contributed by atoms with E-state index in [1.54, 1.807) is 13.0 Å². The molecule has 0 spiro atoms. The third-order valence-electron chi connectivity index (χ3n) is 5.27. The van der Waals surface area contributed by atoms with Crippen LogP contribution in [0.4, 0.5) is 0 Å². The lowest BCUT2D eigenvalue weighted by molar-refractivity contribution is -0.119. The summed E-state index contributed by atoms with van der Waals surface area (Å²) in [7, 11) is 0. The summed E-state index contributed by atoms with van der Waals surface area (Å²) in [5, 5.41) is 0. The van der Waals surface area contributed by atoms with Crippen molar-refractivity contribution in [2.45, 2.75) is 58.9 Å². The molecule has 0 radical (unpaired) electrons. The monoisotopic (exact) mass is 418 g/mol. The second kappa shape index (κ2) is 10.7. The van der Waals surface area contributed by atoms with Crippen LogP contribution in [0.3, 0.4) is 0 Å². The molecular formula is C22H30N2O4S. The van der Waals surface area contributed by atoms with Crippen LogP contribution in [0.15, 0.2) is 23.2 Å². The lowest BCUT2D eigenvalue weighted by atomic mass is 9.87. The molecule has 158 valence electrons. The normalized spacial score (nSPS) is 15.7. The zero-order valence-electron chi connectivity index (χ0n) is 17.3. The zero-order valence-corrected chi connectivity index (χ0v) is 18.1. The Balaban J connectivity index is 1.90. The minimum atomic E-state index is -0.337. The van der Waals surface area contributed by atoms with E-state index < -0.39 is 0 Å². The maximum Gasteiger partial charge on any atom is 0.338 e. The van der Waals surface area contributed by atoms with E-state index in [1.165, 1.54) is 30.6 Å². The highest BCUT2D eigenvalue weighted by Gasteiger charge is 2.17. The molecule has 1 aromatic heterocycles. The molecule has 0 unspecified atom stereocenters. The first kappa shape index (κ1) is 21.7. The predicted molar refractivity (Wildman–Crippen MR) is 114 cm³/mol. The van der Waals surface area contributed by atoms with Gasteiger partial charge in [0.25, 0.3) is 0 Å². The summed E-state index contributed by atoms with van der Waals surface area (Å²) in [4.78, 5) is 29.8. The SMILES string of the molecule is CCOCCn1c(=NC(=O)CC2CCCCC2)sc2cc(C(=O)OCC)ccc21. The van der Waals surface area contributed by atoms with Crippen LogP contribution in [0.1, 0.15) is 62.7 Å². The Morgan fingerprint density at radius 1 is 1.17 bits per heavy atom. The number of hydrogen-bond donors (Lipinski definition) is 0. The van der Waals surface area contributed by atoms with Crippen LogP contribution in [0.5, 0.6) is 0 Å². The number of benzene rings is 1. The first-order chi connectivity index (χ1) is 14.1. The number of thiazole rings is 1. The van der Waals surface area contributed by atoms with E-state index in [4.69, 9.17) is 9.47 Å². The molecule has 1 aromatic carbocycles. The molecule has 1 saturated carbocycles. The van der Waals surface area contributed by atoms with Gasteiger partial charge in [0.15, 0.2) is 4.80 Å². The van der Waals surface area contributed by atoms with Crippen LogP contribution in [-0.2, 0) is 20.8 Å². The number of hydrogen-bond acceptors (Lipinski definition) is 5. The standard InChI is InChI=1S/C22H30N2O4S/c1-3-27-13-12-24-18-11-10-17(21(26)28-4-2)15-19(18)29-22(24)23-20(25)14-16-8-6-5-7-9-16/h10-11,15-16H,3-9,12-14H2,1-2H3. The molecule has 1 aliphatic rings. The van der Waals surface area contributed by atoms with Gasteiger partial charge in [-0.25, -0.2) is 4.79 Å². The smallest absolute Gasteiger partial charge is 0.338 e. The van der Waals surface area contributed by atoms with Crippen LogP contribution >= 0.6 is 11.3 Å². The molecule has 7 heteroatoms. The van der Waals surface area contributed by atoms with Gasteiger partial charge >= 0.3 is 5.97 Å². The van der Waals surface area contributed by atoms with Crippen LogP contribution < -0.4 is 4.80 Å². The summed E-state index contributed by atoms with van der Waals surface area (Å²) in [5.41, 5.74) is 1.46. The fourth-order valence-electron chi connectivity index (χ4n) is 3.81. The highest BCUT2D eigenvalue weighted by molar-refractivity contribution is 7.16. The minimum absolute atomic E-state index is 0.0563. The Hall–Kier alpha value is -1.99. The summed E-state index contributed by atoms with van der Waals surface area (Å²) < 4.78 is 13.5. The molecule has 0 atom stereocenters. The quantitative estimate of drug-likeness (QED) is 0.473. The van der Waals surface area contributed by atoms with Crippen molar-refractivity contribution in [1.82, 2.24) is 4.57 Å². The number of ether oxygens (including phenoxy) is 2. The van der Waals surface area contributed by atoms with Gasteiger partial charge in [0.1, 0.15) is 0 Å². The van der Waals surface area contributed by atoms with Crippen molar-refractivity contribution < 1.29 is 19.1 Å². The van der Waals surface area contributed by atoms with Gasteiger partial charge in [-0.05, 0) is 50.8 Å². The molecule has 1 fully saturated rings. The molecule has 29 heavy (non-hydrogen) atoms. The summed E-state index contributed by atoms with van der Waals surface area (Å²) in [6.07, 6.45) is 6.48. The number of carbonyl (C=O) groups excluding carboxylic acids is 2. The second-order valence-corrected chi connectivity index (χ2v) is 8.36. The van der Waals surface area contributed by atoms with Crippen LogP contribution in [0.25, 0.3) is 10.2 Å². The van der Waals surface area contributed by atoms with E-state index in [-0.39, 0.29) is 11.9 Å². The van der Waals surface area contributed by atoms with Gasteiger partial charge in [-0.1, -0.05) is 30.6 Å². The van der Waals surface area contributed by atoms with E-state index in [2.05, 4.69) is 4.99 Å². The van der Waals surface area contributed by atoms with Crippen LogP contribution in [-0.4, -0.2) is 36.3 Å². The van der Waals surface area contributed by atoms with E-state index in [1.807, 2.05) is 23.6 Å². The van der Waals surface area contributed by atoms with Crippen LogP contribution in [0.2, 0.25) is 0 Å². The van der Waals surface area contributed by atoms with E-state index in [0.717, 1.165) is 23.1 Å². The number of fused-ring (bicyclic) bond motifs is 1. The average Bonchev–Trinajstić information content (AvgIpc) is 3.05. The molecule has 1 aliphatic carbocycles. The van der Waals surface area contributed by atoms with E-state index in [9.17, 15) is 9.59 Å². The number of amides is 1. The molecule has 3 rings (SSSR count). The second-order valence-electron chi connectivity index (χ2n) is 7.35. The van der Waals surface area contributed by atoms with Crippen molar-refractivity contribution in [2.75, 3.05) is 19.8 Å². The Morgan fingerprint density at radius 3 is 2.69 bits per heavy atom. The van der Waals surface area contributed by atoms with Crippen molar-refractivity contribution in [3.8, 4) is 0 Å². The van der Waals surface area contributed by atoms with Crippen molar-refractivity contribution in [3.63, 3.8) is 0 Å². The number of carbonyl (C=O) groups is 2. The van der Waals surface area contributed by atoms with E-state index in [0.29, 0.717) is 49.1 Å². The largest absolute Gasteiger partial charge is 0.462 e. The predicted octanol–water partition coefficient (Wildman–Crippen LogP) is 4.31. The summed E-state index contributed by atoms with van der Waals surface area (Å²) in [6, 6.07) is 5.48. The number of esters is 1. The highest BCUT2D eigenvalue weighted by Crippen LogP contribution is 2.26. The number of rotatable bonds is 8. The fraction of sp³-hybridized carbons (Fsp3) is 0.591. The Kier molecular flexibility index (Phi) is 8.00. The van der Waals surface area contributed by atoms with Gasteiger partial charge in [-0.3, -0.25) is 4.79 Å². The first-order valence-electron chi connectivity index (χ1n) is 10.6. The first-order valence-corrected chi connectivity index (χ1v) is 11.4. The zero-order chi connectivity index (χ0) is 20.6. The summed E-state index contributed by atoms with van der Waals surface area (Å²) >= 11 is 1.43. The number of aromatic nitrogens is 1. The molecular weight excluding hydrogens is 388 g/mol. The highest BCUT2D eigenvalue weighted by atomic mass is 32.1. The molecule has 0 bridgehead atoms. The van der Waals surface area contributed by atoms with Crippen molar-refractivity contribution in [1.29, 1.82) is 0 Å². The summed E-state index contributed by atoms with van der Waals surface area (Å²) in [6.45, 7) is 5.89. The molecule has 6 nitrogen and oxygen atoms in total. The Morgan fingerprint density at radius 2 is 1.97 bits per heavy atom. The van der Waals surface area contributed by atoms with Crippen molar-refractivity contribution in [3.05, 3.63) is 28.6 Å². The maximum absolute atomic E-state index is 12.6. The molecule has 1 heterocycles. The third kappa shape index (κ3) is 5.76. The molecule has 2 aromatic rings. The number of nitrogens with zero attached hydrogens (tertiary/aromatic N) is 2. The Bertz CT molecular complexity index is 909. The fourth-order valence-corrected chi connectivity index (χ4v) is 4.92. The molecule has 0 saturated heterocycles. The third-order valence-corrected chi connectivity index (χ3v) is 6.31. The van der Waals surface area contributed by atoms with Gasteiger partial charge in [0.05, 0.1) is 29.0 Å². The van der Waals surface area contributed by atoms with Gasteiger partial charge < -0.3 is 14.0 Å². The molecule has 0 aliphatic heterocycles. The molecule has 0 N–H and O–H groups in total. The Labute approximate surface area is 175 Å². The van der Waals surface area contributed by atoms with Gasteiger partial charge in [-0.2, -0.15) is 4.99 Å². The van der Waals surface area contributed by atoms with Crippen LogP contribution in [0, 0.1) is 5.92 Å². The van der Waals surface area contributed by atoms with E-state index >= 15 is 0 Å². The lowest BCUT2D eigenvalue weighted by Crippen LogP contribution is -2.20. The van der Waals surface area contributed by atoms with Crippen molar-refractivity contribution >= 4 is 33.4 Å². The average molecular weight is 419 g/mol. The minimum Gasteiger partial charge on any atom is -0.462 e. The van der Waals surface area contributed by atoms with Gasteiger partial charge in [-0.15, -0.1) is 0 Å². The van der Waals surface area contributed by atoms with Gasteiger partial charge in [0, 0.05) is 19.6 Å². The topological polar surface area (TPSA) is 69.9 Å². The van der Waals surface area contributed by atoms with Crippen molar-refractivity contribution in [2.24, 2.45) is 10.9 Å². The van der Waals surface area contributed by atoms with Gasteiger partial charge in [0.2, 0.25) is 5.91 Å². The summed E-state index contributed by atoms with van der Waals surface area (Å²) in [5.74, 6) is 0.0661. The lowest BCUT2D eigenvalue weighted by Gasteiger charge is -2.19. The maximum atomic E-state index is 12.6. The molecule has 1 amide bonds.